The van der Waals surface area contributed by atoms with Gasteiger partial charge in [0.15, 0.2) is 0 Å². The average Bonchev–Trinajstić information content (AvgIpc) is 2.07. The Morgan fingerprint density at radius 1 is 1.09 bits per heavy atom. The minimum Gasteiger partial charge on any atom is -0.346 e. The van der Waals surface area contributed by atoms with E-state index in [1.807, 2.05) is 11.9 Å². The SMILES string of the molecule is CN1CCCCCCCC1=O. The van der Waals surface area contributed by atoms with E-state index in [0.29, 0.717) is 5.91 Å². The van der Waals surface area contributed by atoms with Crippen molar-refractivity contribution >= 4 is 5.91 Å². The van der Waals surface area contributed by atoms with Crippen molar-refractivity contribution in [2.24, 2.45) is 0 Å². The molecule has 0 aromatic carbocycles. The maximum absolute atomic E-state index is 11.2. The molecule has 1 rings (SSSR count). The summed E-state index contributed by atoms with van der Waals surface area (Å²) >= 11 is 0. The third-order valence-corrected chi connectivity index (χ3v) is 2.31. The van der Waals surface area contributed by atoms with Gasteiger partial charge in [0.05, 0.1) is 0 Å². The summed E-state index contributed by atoms with van der Waals surface area (Å²) in [6.07, 6.45) is 6.86. The Kier molecular flexibility index (Phi) is 3.40. The summed E-state index contributed by atoms with van der Waals surface area (Å²) in [7, 11) is 1.91. The van der Waals surface area contributed by atoms with Crippen LogP contribution in [0.3, 0.4) is 0 Å². The molecule has 0 N–H and O–H groups in total. The molecule has 0 radical (unpaired) electrons. The minimum atomic E-state index is 0.326. The molecule has 2 heteroatoms. The van der Waals surface area contributed by atoms with Crippen molar-refractivity contribution in [3.8, 4) is 0 Å². The Labute approximate surface area is 68.6 Å². The first-order valence-electron chi connectivity index (χ1n) is 4.54. The van der Waals surface area contributed by atoms with Crippen LogP contribution in [-0.4, -0.2) is 24.4 Å². The summed E-state index contributed by atoms with van der Waals surface area (Å²) in [5, 5.41) is 0. The molecule has 0 saturated carbocycles. The van der Waals surface area contributed by atoms with Crippen LogP contribution in [0.2, 0.25) is 0 Å². The van der Waals surface area contributed by atoms with E-state index in [9.17, 15) is 4.79 Å². The monoisotopic (exact) mass is 155 g/mol. The number of carbonyl (C=O) groups excluding carboxylic acids is 1. The highest BCUT2D eigenvalue weighted by molar-refractivity contribution is 5.75. The fraction of sp³-hybridized carbons (Fsp3) is 0.889. The highest BCUT2D eigenvalue weighted by Crippen LogP contribution is 2.10. The first-order chi connectivity index (χ1) is 5.30. The van der Waals surface area contributed by atoms with Crippen LogP contribution in [0.25, 0.3) is 0 Å². The fourth-order valence-corrected chi connectivity index (χ4v) is 1.47. The van der Waals surface area contributed by atoms with Crippen molar-refractivity contribution in [3.05, 3.63) is 0 Å². The van der Waals surface area contributed by atoms with Gasteiger partial charge in [-0.25, -0.2) is 0 Å². The topological polar surface area (TPSA) is 20.3 Å². The van der Waals surface area contributed by atoms with E-state index in [1.54, 1.807) is 0 Å². The first-order valence-corrected chi connectivity index (χ1v) is 4.54. The first kappa shape index (κ1) is 8.57. The maximum atomic E-state index is 11.2. The highest BCUT2D eigenvalue weighted by Gasteiger charge is 2.09. The van der Waals surface area contributed by atoms with Crippen molar-refractivity contribution in [2.45, 2.75) is 38.5 Å². The standard InChI is InChI=1S/C9H17NO/c1-10-8-6-4-2-3-5-7-9(10)11/h2-8H2,1H3. The van der Waals surface area contributed by atoms with Gasteiger partial charge in [0, 0.05) is 20.0 Å². The second kappa shape index (κ2) is 4.37. The number of nitrogens with zero attached hydrogens (tertiary/aromatic N) is 1. The van der Waals surface area contributed by atoms with Crippen LogP contribution in [0.15, 0.2) is 0 Å². The Hall–Kier alpha value is -0.530. The molecule has 1 aliphatic rings. The Bertz CT molecular complexity index is 134. The van der Waals surface area contributed by atoms with Gasteiger partial charge in [-0.05, 0) is 12.8 Å². The summed E-state index contributed by atoms with van der Waals surface area (Å²) in [4.78, 5) is 13.1. The molecule has 0 atom stereocenters. The second-order valence-corrected chi connectivity index (χ2v) is 3.33. The number of hydrogen-bond acceptors (Lipinski definition) is 1. The summed E-state index contributed by atoms with van der Waals surface area (Å²) < 4.78 is 0. The molecule has 0 aromatic heterocycles. The second-order valence-electron chi connectivity index (χ2n) is 3.33. The smallest absolute Gasteiger partial charge is 0.222 e. The van der Waals surface area contributed by atoms with Gasteiger partial charge in [-0.1, -0.05) is 19.3 Å². The van der Waals surface area contributed by atoms with Crippen molar-refractivity contribution in [1.82, 2.24) is 4.90 Å². The van der Waals surface area contributed by atoms with E-state index in [-0.39, 0.29) is 0 Å². The van der Waals surface area contributed by atoms with Crippen LogP contribution in [0.5, 0.6) is 0 Å². The van der Waals surface area contributed by atoms with E-state index in [2.05, 4.69) is 0 Å². The summed E-state index contributed by atoms with van der Waals surface area (Å²) in [5.41, 5.74) is 0. The molecule has 0 aromatic rings. The quantitative estimate of drug-likeness (QED) is 0.522. The zero-order valence-electron chi connectivity index (χ0n) is 7.31. The van der Waals surface area contributed by atoms with Crippen molar-refractivity contribution in [2.75, 3.05) is 13.6 Å². The molecular formula is C9H17NO. The lowest BCUT2D eigenvalue weighted by Crippen LogP contribution is -2.26. The van der Waals surface area contributed by atoms with E-state index in [0.717, 1.165) is 19.4 Å². The van der Waals surface area contributed by atoms with Gasteiger partial charge in [-0.15, -0.1) is 0 Å². The summed E-state index contributed by atoms with van der Waals surface area (Å²) in [6, 6.07) is 0. The molecule has 1 fully saturated rings. The molecule has 64 valence electrons. The fourth-order valence-electron chi connectivity index (χ4n) is 1.47. The maximum Gasteiger partial charge on any atom is 0.222 e. The zero-order valence-corrected chi connectivity index (χ0v) is 7.31. The molecule has 11 heavy (non-hydrogen) atoms. The van der Waals surface area contributed by atoms with Gasteiger partial charge >= 0.3 is 0 Å². The predicted octanol–water partition coefficient (Wildman–Crippen LogP) is 1.80. The largest absolute Gasteiger partial charge is 0.346 e. The minimum absolute atomic E-state index is 0.326. The number of rotatable bonds is 0. The number of carbonyl (C=O) groups is 1. The Morgan fingerprint density at radius 3 is 2.55 bits per heavy atom. The molecule has 0 aliphatic carbocycles. The predicted molar refractivity (Wildman–Crippen MR) is 45.3 cm³/mol. The third-order valence-electron chi connectivity index (χ3n) is 2.31. The van der Waals surface area contributed by atoms with E-state index in [4.69, 9.17) is 0 Å². The molecule has 1 amide bonds. The van der Waals surface area contributed by atoms with Crippen LogP contribution < -0.4 is 0 Å². The molecular weight excluding hydrogens is 138 g/mol. The normalized spacial score (nSPS) is 22.3. The zero-order chi connectivity index (χ0) is 8.10. The molecule has 0 spiro atoms. The Morgan fingerprint density at radius 2 is 1.73 bits per heavy atom. The highest BCUT2D eigenvalue weighted by atomic mass is 16.2. The molecule has 2 nitrogen and oxygen atoms in total. The molecule has 0 bridgehead atoms. The van der Waals surface area contributed by atoms with Crippen LogP contribution in [0, 0.1) is 0 Å². The lowest BCUT2D eigenvalue weighted by Gasteiger charge is -2.14. The molecule has 1 saturated heterocycles. The van der Waals surface area contributed by atoms with Gasteiger partial charge in [0.2, 0.25) is 5.91 Å². The van der Waals surface area contributed by atoms with Crippen molar-refractivity contribution < 1.29 is 4.79 Å². The lowest BCUT2D eigenvalue weighted by atomic mass is 10.1. The van der Waals surface area contributed by atoms with E-state index >= 15 is 0 Å². The van der Waals surface area contributed by atoms with Crippen LogP contribution >= 0.6 is 0 Å². The number of amides is 1. The van der Waals surface area contributed by atoms with Crippen molar-refractivity contribution in [1.29, 1.82) is 0 Å². The summed E-state index contributed by atoms with van der Waals surface area (Å²) in [5.74, 6) is 0.326. The van der Waals surface area contributed by atoms with Crippen LogP contribution in [-0.2, 0) is 4.79 Å². The van der Waals surface area contributed by atoms with Gasteiger partial charge < -0.3 is 4.90 Å². The Balaban J connectivity index is 2.35. The van der Waals surface area contributed by atoms with Gasteiger partial charge in [0.1, 0.15) is 0 Å². The molecule has 0 unspecified atom stereocenters. The van der Waals surface area contributed by atoms with Gasteiger partial charge in [-0.3, -0.25) is 4.79 Å². The molecule has 1 heterocycles. The number of hydrogen-bond donors (Lipinski definition) is 0. The van der Waals surface area contributed by atoms with Crippen LogP contribution in [0.4, 0.5) is 0 Å². The third kappa shape index (κ3) is 2.91. The van der Waals surface area contributed by atoms with E-state index < -0.39 is 0 Å². The van der Waals surface area contributed by atoms with Gasteiger partial charge in [-0.2, -0.15) is 0 Å². The van der Waals surface area contributed by atoms with Crippen molar-refractivity contribution in [3.63, 3.8) is 0 Å². The lowest BCUT2D eigenvalue weighted by molar-refractivity contribution is -0.129. The van der Waals surface area contributed by atoms with Crippen LogP contribution in [0.1, 0.15) is 38.5 Å². The van der Waals surface area contributed by atoms with Gasteiger partial charge in [0.25, 0.3) is 0 Å². The van der Waals surface area contributed by atoms with E-state index in [1.165, 1.54) is 25.7 Å². The average molecular weight is 155 g/mol. The summed E-state index contributed by atoms with van der Waals surface area (Å²) in [6.45, 7) is 0.957. The molecule has 1 aliphatic heterocycles.